The molecule has 0 amide bonds. The molecule has 0 aliphatic heterocycles. The van der Waals surface area contributed by atoms with Gasteiger partial charge in [-0.2, -0.15) is 12.6 Å². The van der Waals surface area contributed by atoms with Crippen molar-refractivity contribution in [2.45, 2.75) is 37.9 Å². The standard InChI is InChI=1S/C8H19NS/c1-4-8(2,10)6-5-7-9-3/h9-10H,4-7H2,1-3H3. The molecule has 0 saturated heterocycles. The van der Waals surface area contributed by atoms with Crippen LogP contribution in [0.25, 0.3) is 0 Å². The molecule has 0 radical (unpaired) electrons. The minimum atomic E-state index is 0.247. The highest BCUT2D eigenvalue weighted by atomic mass is 32.1. The first kappa shape index (κ1) is 10.3. The Labute approximate surface area is 70.0 Å². The Morgan fingerprint density at radius 3 is 2.50 bits per heavy atom. The summed E-state index contributed by atoms with van der Waals surface area (Å²) in [7, 11) is 1.99. The number of thiol groups is 1. The molecule has 0 spiro atoms. The monoisotopic (exact) mass is 161 g/mol. The topological polar surface area (TPSA) is 12.0 Å². The largest absolute Gasteiger partial charge is 0.320 e. The van der Waals surface area contributed by atoms with Gasteiger partial charge in [-0.05, 0) is 32.9 Å². The van der Waals surface area contributed by atoms with E-state index in [9.17, 15) is 0 Å². The molecular weight excluding hydrogens is 142 g/mol. The maximum absolute atomic E-state index is 4.53. The van der Waals surface area contributed by atoms with Crippen LogP contribution in [0.4, 0.5) is 0 Å². The van der Waals surface area contributed by atoms with E-state index >= 15 is 0 Å². The lowest BCUT2D eigenvalue weighted by atomic mass is 10.0. The molecule has 0 fully saturated rings. The molecule has 0 aromatic rings. The van der Waals surface area contributed by atoms with E-state index in [1.54, 1.807) is 0 Å². The number of rotatable bonds is 5. The van der Waals surface area contributed by atoms with Crippen molar-refractivity contribution in [2.75, 3.05) is 13.6 Å². The Morgan fingerprint density at radius 1 is 1.50 bits per heavy atom. The molecule has 0 saturated carbocycles. The quantitative estimate of drug-likeness (QED) is 0.465. The fourth-order valence-electron chi connectivity index (χ4n) is 0.823. The first-order chi connectivity index (χ1) is 4.62. The summed E-state index contributed by atoms with van der Waals surface area (Å²) >= 11 is 4.53. The van der Waals surface area contributed by atoms with Crippen molar-refractivity contribution in [1.29, 1.82) is 0 Å². The molecule has 1 atom stereocenters. The second kappa shape index (κ2) is 5.03. The summed E-state index contributed by atoms with van der Waals surface area (Å²) < 4.78 is 0.247. The molecule has 0 aromatic carbocycles. The van der Waals surface area contributed by atoms with Gasteiger partial charge in [-0.1, -0.05) is 13.8 Å². The molecule has 10 heavy (non-hydrogen) atoms. The van der Waals surface area contributed by atoms with Crippen LogP contribution in [0.3, 0.4) is 0 Å². The zero-order valence-corrected chi connectivity index (χ0v) is 8.17. The summed E-state index contributed by atoms with van der Waals surface area (Å²) in [6, 6.07) is 0. The third-order valence-electron chi connectivity index (χ3n) is 1.90. The van der Waals surface area contributed by atoms with Crippen molar-refractivity contribution in [3.63, 3.8) is 0 Å². The van der Waals surface area contributed by atoms with Gasteiger partial charge in [0, 0.05) is 4.75 Å². The fourth-order valence-corrected chi connectivity index (χ4v) is 0.981. The van der Waals surface area contributed by atoms with Crippen molar-refractivity contribution < 1.29 is 0 Å². The van der Waals surface area contributed by atoms with Crippen LogP contribution < -0.4 is 5.32 Å². The van der Waals surface area contributed by atoms with Crippen LogP contribution in [0.1, 0.15) is 33.1 Å². The van der Waals surface area contributed by atoms with Crippen LogP contribution in [0.2, 0.25) is 0 Å². The Morgan fingerprint density at radius 2 is 2.10 bits per heavy atom. The third kappa shape index (κ3) is 5.12. The van der Waals surface area contributed by atoms with Gasteiger partial charge in [0.15, 0.2) is 0 Å². The van der Waals surface area contributed by atoms with Crippen molar-refractivity contribution in [1.82, 2.24) is 5.32 Å². The second-order valence-corrected chi connectivity index (χ2v) is 4.14. The van der Waals surface area contributed by atoms with Crippen LogP contribution in [-0.4, -0.2) is 18.3 Å². The van der Waals surface area contributed by atoms with Gasteiger partial charge < -0.3 is 5.32 Å². The predicted molar refractivity (Wildman–Crippen MR) is 50.8 cm³/mol. The van der Waals surface area contributed by atoms with E-state index in [1.807, 2.05) is 7.05 Å². The summed E-state index contributed by atoms with van der Waals surface area (Å²) in [5, 5.41) is 3.13. The molecule has 0 bridgehead atoms. The summed E-state index contributed by atoms with van der Waals surface area (Å²) in [6.45, 7) is 5.49. The van der Waals surface area contributed by atoms with E-state index in [0.29, 0.717) is 0 Å². The fraction of sp³-hybridized carbons (Fsp3) is 1.00. The Hall–Kier alpha value is 0.310. The highest BCUT2D eigenvalue weighted by molar-refractivity contribution is 7.81. The van der Waals surface area contributed by atoms with Crippen molar-refractivity contribution in [3.8, 4) is 0 Å². The van der Waals surface area contributed by atoms with Gasteiger partial charge in [0.2, 0.25) is 0 Å². The Kier molecular flexibility index (Phi) is 5.18. The molecule has 1 nitrogen and oxygen atoms in total. The van der Waals surface area contributed by atoms with Gasteiger partial charge in [0.05, 0.1) is 0 Å². The van der Waals surface area contributed by atoms with Crippen molar-refractivity contribution in [3.05, 3.63) is 0 Å². The summed E-state index contributed by atoms with van der Waals surface area (Å²) in [6.07, 6.45) is 3.58. The van der Waals surface area contributed by atoms with E-state index in [0.717, 1.165) is 13.0 Å². The molecule has 2 heteroatoms. The molecule has 62 valence electrons. The van der Waals surface area contributed by atoms with Gasteiger partial charge in [-0.15, -0.1) is 0 Å². The predicted octanol–water partition coefficient (Wildman–Crippen LogP) is 2.08. The average Bonchev–Trinajstić information content (AvgIpc) is 1.89. The molecule has 0 heterocycles. The average molecular weight is 161 g/mol. The number of hydrogen-bond donors (Lipinski definition) is 2. The maximum atomic E-state index is 4.53. The SMILES string of the molecule is CCC(C)(S)CCCNC. The van der Waals surface area contributed by atoms with Gasteiger partial charge in [-0.3, -0.25) is 0 Å². The van der Waals surface area contributed by atoms with E-state index in [4.69, 9.17) is 0 Å². The van der Waals surface area contributed by atoms with Crippen LogP contribution >= 0.6 is 12.6 Å². The Bertz CT molecular complexity index is 81.3. The second-order valence-electron chi connectivity index (χ2n) is 3.06. The van der Waals surface area contributed by atoms with Gasteiger partial charge in [-0.25, -0.2) is 0 Å². The Balaban J connectivity index is 3.28. The first-order valence-electron chi connectivity index (χ1n) is 3.99. The van der Waals surface area contributed by atoms with Crippen LogP contribution in [0, 0.1) is 0 Å². The van der Waals surface area contributed by atoms with Gasteiger partial charge in [0.25, 0.3) is 0 Å². The molecule has 0 aromatic heterocycles. The molecule has 1 unspecified atom stereocenters. The smallest absolute Gasteiger partial charge is 0.00992 e. The molecule has 0 aliphatic rings. The van der Waals surface area contributed by atoms with Crippen LogP contribution in [-0.2, 0) is 0 Å². The van der Waals surface area contributed by atoms with Crippen molar-refractivity contribution >= 4 is 12.6 Å². The minimum Gasteiger partial charge on any atom is -0.320 e. The maximum Gasteiger partial charge on any atom is 0.00992 e. The van der Waals surface area contributed by atoms with Gasteiger partial charge >= 0.3 is 0 Å². The van der Waals surface area contributed by atoms with E-state index in [-0.39, 0.29) is 4.75 Å². The minimum absolute atomic E-state index is 0.247. The normalized spacial score (nSPS) is 16.8. The zero-order valence-electron chi connectivity index (χ0n) is 7.28. The molecular formula is C8H19NS. The van der Waals surface area contributed by atoms with E-state index in [2.05, 4.69) is 31.8 Å². The lowest BCUT2D eigenvalue weighted by Gasteiger charge is -2.20. The molecule has 0 rings (SSSR count). The third-order valence-corrected chi connectivity index (χ3v) is 2.44. The zero-order chi connectivity index (χ0) is 8.04. The summed E-state index contributed by atoms with van der Waals surface area (Å²) in [4.78, 5) is 0. The highest BCUT2D eigenvalue weighted by Crippen LogP contribution is 2.23. The summed E-state index contributed by atoms with van der Waals surface area (Å²) in [5.74, 6) is 0. The van der Waals surface area contributed by atoms with Crippen LogP contribution in [0.5, 0.6) is 0 Å². The lowest BCUT2D eigenvalue weighted by molar-refractivity contribution is 0.536. The number of hydrogen-bond acceptors (Lipinski definition) is 2. The van der Waals surface area contributed by atoms with Crippen molar-refractivity contribution in [2.24, 2.45) is 0 Å². The molecule has 1 N–H and O–H groups in total. The molecule has 0 aliphatic carbocycles. The summed E-state index contributed by atoms with van der Waals surface area (Å²) in [5.41, 5.74) is 0. The lowest BCUT2D eigenvalue weighted by Crippen LogP contribution is -2.18. The number of nitrogens with one attached hydrogen (secondary N) is 1. The highest BCUT2D eigenvalue weighted by Gasteiger charge is 2.14. The first-order valence-corrected chi connectivity index (χ1v) is 4.44. The van der Waals surface area contributed by atoms with E-state index < -0.39 is 0 Å². The van der Waals surface area contributed by atoms with Crippen LogP contribution in [0.15, 0.2) is 0 Å². The van der Waals surface area contributed by atoms with Gasteiger partial charge in [0.1, 0.15) is 0 Å². The van der Waals surface area contributed by atoms with E-state index in [1.165, 1.54) is 12.8 Å².